The summed E-state index contributed by atoms with van der Waals surface area (Å²) < 4.78 is 25.2. The van der Waals surface area contributed by atoms with Crippen LogP contribution in [0.4, 0.5) is 14.9 Å². The lowest BCUT2D eigenvalue weighted by molar-refractivity contribution is 0.00578. The molecule has 1 aliphatic rings. The number of carboxylic acid groups (broad SMARTS) is 1. The lowest BCUT2D eigenvalue weighted by Gasteiger charge is -2.32. The molecule has 0 radical (unpaired) electrons. The number of benzene rings is 1. The van der Waals surface area contributed by atoms with E-state index in [0.717, 1.165) is 0 Å². The molecule has 5 nitrogen and oxygen atoms in total. The molecule has 1 aromatic carbocycles. The summed E-state index contributed by atoms with van der Waals surface area (Å²) in [6.45, 7) is 7.64. The Morgan fingerprint density at radius 2 is 1.80 bits per heavy atom. The highest BCUT2D eigenvalue weighted by Crippen LogP contribution is 2.36. The van der Waals surface area contributed by atoms with Crippen molar-refractivity contribution in [3.05, 3.63) is 24.0 Å². The van der Waals surface area contributed by atoms with Crippen LogP contribution in [0.1, 0.15) is 27.7 Å². The van der Waals surface area contributed by atoms with Gasteiger partial charge in [0.25, 0.3) is 0 Å². The van der Waals surface area contributed by atoms with E-state index in [2.05, 4.69) is 0 Å². The van der Waals surface area contributed by atoms with Crippen molar-refractivity contribution in [2.75, 3.05) is 5.32 Å². The van der Waals surface area contributed by atoms with Gasteiger partial charge in [0.1, 0.15) is 5.82 Å². The minimum atomic E-state index is -1.32. The smallest absolute Gasteiger partial charge is 0.465 e. The Kier molecular flexibility index (Phi) is 3.52. The molecule has 0 atom stereocenters. The molecule has 108 valence electrons. The van der Waals surface area contributed by atoms with Crippen molar-refractivity contribution >= 4 is 24.4 Å². The Morgan fingerprint density at radius 1 is 1.25 bits per heavy atom. The van der Waals surface area contributed by atoms with Crippen molar-refractivity contribution in [3.63, 3.8) is 0 Å². The molecule has 0 aliphatic carbocycles. The first-order chi connectivity index (χ1) is 9.12. The zero-order chi connectivity index (χ0) is 15.1. The summed E-state index contributed by atoms with van der Waals surface area (Å²) in [4.78, 5) is 10.6. The molecule has 1 fully saturated rings. The second-order valence-corrected chi connectivity index (χ2v) is 5.76. The molecule has 0 aromatic heterocycles. The van der Waals surface area contributed by atoms with E-state index in [4.69, 9.17) is 14.4 Å². The third kappa shape index (κ3) is 2.64. The molecule has 0 bridgehead atoms. The van der Waals surface area contributed by atoms with Gasteiger partial charge in [-0.1, -0.05) is 6.07 Å². The van der Waals surface area contributed by atoms with E-state index in [-0.39, 0.29) is 5.69 Å². The van der Waals surface area contributed by atoms with Gasteiger partial charge in [0, 0.05) is 0 Å². The topological polar surface area (TPSA) is 67.8 Å². The van der Waals surface area contributed by atoms with Crippen molar-refractivity contribution in [3.8, 4) is 0 Å². The highest BCUT2D eigenvalue weighted by Gasteiger charge is 2.51. The number of halogens is 1. The molecule has 7 heteroatoms. The average Bonchev–Trinajstić information content (AvgIpc) is 2.50. The van der Waals surface area contributed by atoms with Gasteiger partial charge in [0.15, 0.2) is 0 Å². The van der Waals surface area contributed by atoms with E-state index < -0.39 is 30.2 Å². The third-order valence-corrected chi connectivity index (χ3v) is 3.76. The molecule has 1 aliphatic heterocycles. The lowest BCUT2D eigenvalue weighted by atomic mass is 9.79. The minimum Gasteiger partial charge on any atom is -0.465 e. The van der Waals surface area contributed by atoms with Crippen LogP contribution < -0.4 is 10.8 Å². The summed E-state index contributed by atoms with van der Waals surface area (Å²) in [6.07, 6.45) is -1.32. The van der Waals surface area contributed by atoms with Crippen LogP contribution in [-0.2, 0) is 9.31 Å². The maximum Gasteiger partial charge on any atom is 0.494 e. The third-order valence-electron chi connectivity index (χ3n) is 3.76. The summed E-state index contributed by atoms with van der Waals surface area (Å²) in [5, 5.41) is 10.7. The largest absolute Gasteiger partial charge is 0.494 e. The highest BCUT2D eigenvalue weighted by atomic mass is 19.1. The molecule has 1 aromatic rings. The van der Waals surface area contributed by atoms with Crippen LogP contribution in [0.2, 0.25) is 0 Å². The van der Waals surface area contributed by atoms with Gasteiger partial charge in [-0.15, -0.1) is 0 Å². The van der Waals surface area contributed by atoms with E-state index >= 15 is 0 Å². The summed E-state index contributed by atoms with van der Waals surface area (Å²) in [7, 11) is -0.657. The Balaban J connectivity index is 2.29. The molecule has 0 saturated carbocycles. The van der Waals surface area contributed by atoms with E-state index in [9.17, 15) is 9.18 Å². The standard InChI is InChI=1S/C13H17BFNO4/c1-12(2)13(3,4)20-14(19-12)8-5-6-9(15)10(7-8)16-11(17)18/h5-7,16H,1-4H3,(H,17,18). The van der Waals surface area contributed by atoms with Crippen LogP contribution >= 0.6 is 0 Å². The summed E-state index contributed by atoms with van der Waals surface area (Å²) >= 11 is 0. The molecular formula is C13H17BFNO4. The number of hydrogen-bond donors (Lipinski definition) is 2. The fourth-order valence-electron chi connectivity index (χ4n) is 1.88. The molecule has 1 heterocycles. The van der Waals surface area contributed by atoms with Crippen LogP contribution in [0, 0.1) is 5.82 Å². The fraction of sp³-hybridized carbons (Fsp3) is 0.462. The maximum absolute atomic E-state index is 13.5. The normalized spacial score (nSPS) is 19.9. The first kappa shape index (κ1) is 14.8. The minimum absolute atomic E-state index is 0.121. The number of rotatable bonds is 2. The van der Waals surface area contributed by atoms with Gasteiger partial charge in [0.2, 0.25) is 0 Å². The zero-order valence-corrected chi connectivity index (χ0v) is 11.9. The Morgan fingerprint density at radius 3 is 2.30 bits per heavy atom. The number of anilines is 1. The molecule has 1 saturated heterocycles. The first-order valence-corrected chi connectivity index (χ1v) is 6.27. The zero-order valence-electron chi connectivity index (χ0n) is 11.9. The predicted octanol–water partition coefficient (Wildman–Crippen LogP) is 2.21. The lowest BCUT2D eigenvalue weighted by Crippen LogP contribution is -2.41. The second kappa shape index (κ2) is 4.75. The fourth-order valence-corrected chi connectivity index (χ4v) is 1.88. The molecular weight excluding hydrogens is 264 g/mol. The molecule has 20 heavy (non-hydrogen) atoms. The Bertz CT molecular complexity index is 531. The van der Waals surface area contributed by atoms with Gasteiger partial charge < -0.3 is 14.4 Å². The molecule has 2 rings (SSSR count). The van der Waals surface area contributed by atoms with Gasteiger partial charge in [-0.2, -0.15) is 0 Å². The molecule has 0 unspecified atom stereocenters. The van der Waals surface area contributed by atoms with Crippen LogP contribution in [0.5, 0.6) is 0 Å². The average molecular weight is 281 g/mol. The van der Waals surface area contributed by atoms with Crippen molar-refractivity contribution in [1.82, 2.24) is 0 Å². The van der Waals surface area contributed by atoms with Gasteiger partial charge >= 0.3 is 13.2 Å². The van der Waals surface area contributed by atoms with E-state index in [1.54, 1.807) is 0 Å². The van der Waals surface area contributed by atoms with Gasteiger partial charge in [-0.3, -0.25) is 5.32 Å². The predicted molar refractivity (Wildman–Crippen MR) is 73.8 cm³/mol. The Labute approximate surface area is 117 Å². The summed E-state index contributed by atoms with van der Waals surface area (Å²) in [5.41, 5.74) is -0.572. The highest BCUT2D eigenvalue weighted by molar-refractivity contribution is 6.62. The van der Waals surface area contributed by atoms with Gasteiger partial charge in [-0.05, 0) is 45.3 Å². The summed E-state index contributed by atoms with van der Waals surface area (Å²) in [5.74, 6) is -0.646. The molecule has 2 N–H and O–H groups in total. The van der Waals surface area contributed by atoms with Crippen molar-refractivity contribution < 1.29 is 23.6 Å². The van der Waals surface area contributed by atoms with E-state index in [0.29, 0.717) is 5.46 Å². The number of carbonyl (C=O) groups is 1. The van der Waals surface area contributed by atoms with Crippen LogP contribution in [0.15, 0.2) is 18.2 Å². The molecule has 0 spiro atoms. The monoisotopic (exact) mass is 281 g/mol. The van der Waals surface area contributed by atoms with Gasteiger partial charge in [-0.25, -0.2) is 9.18 Å². The van der Waals surface area contributed by atoms with Crippen LogP contribution in [0.3, 0.4) is 0 Å². The SMILES string of the molecule is CC1(C)OB(c2ccc(F)c(NC(=O)O)c2)OC1(C)C. The second-order valence-electron chi connectivity index (χ2n) is 5.76. The Hall–Kier alpha value is -1.60. The van der Waals surface area contributed by atoms with Crippen molar-refractivity contribution in [1.29, 1.82) is 0 Å². The van der Waals surface area contributed by atoms with Crippen molar-refractivity contribution in [2.45, 2.75) is 38.9 Å². The van der Waals surface area contributed by atoms with E-state index in [1.807, 2.05) is 33.0 Å². The number of nitrogens with one attached hydrogen (secondary N) is 1. The summed E-state index contributed by atoms with van der Waals surface area (Å²) in [6, 6.07) is 4.09. The quantitative estimate of drug-likeness (QED) is 0.815. The van der Waals surface area contributed by atoms with Crippen LogP contribution in [0.25, 0.3) is 0 Å². The molecule has 1 amide bonds. The van der Waals surface area contributed by atoms with Gasteiger partial charge in [0.05, 0.1) is 16.9 Å². The van der Waals surface area contributed by atoms with Crippen LogP contribution in [-0.4, -0.2) is 29.5 Å². The maximum atomic E-state index is 13.5. The number of hydrogen-bond acceptors (Lipinski definition) is 3. The first-order valence-electron chi connectivity index (χ1n) is 6.27. The van der Waals surface area contributed by atoms with E-state index in [1.165, 1.54) is 18.2 Å². The van der Waals surface area contributed by atoms with Crippen molar-refractivity contribution in [2.24, 2.45) is 0 Å². The number of amides is 1.